The molecule has 0 fully saturated rings. The fourth-order valence-electron chi connectivity index (χ4n) is 3.32. The fraction of sp³-hybridized carbons (Fsp3) is 0.200. The molecule has 3 heterocycles. The lowest BCUT2D eigenvalue weighted by Gasteiger charge is -2.09. The van der Waals surface area contributed by atoms with E-state index < -0.39 is 5.91 Å². The Morgan fingerprint density at radius 1 is 1.21 bits per heavy atom. The molecule has 28 heavy (non-hydrogen) atoms. The summed E-state index contributed by atoms with van der Waals surface area (Å²) in [5.41, 5.74) is 5.92. The normalized spacial score (nSPS) is 11.1. The molecule has 3 N–H and O–H groups in total. The minimum absolute atomic E-state index is 0.0986. The first-order valence-corrected chi connectivity index (χ1v) is 9.17. The molecule has 4 aromatic rings. The zero-order chi connectivity index (χ0) is 19.8. The predicted molar refractivity (Wildman–Crippen MR) is 106 cm³/mol. The van der Waals surface area contributed by atoms with Crippen LogP contribution in [0.1, 0.15) is 38.6 Å². The van der Waals surface area contributed by atoms with E-state index in [-0.39, 0.29) is 16.9 Å². The van der Waals surface area contributed by atoms with Crippen molar-refractivity contribution in [2.75, 3.05) is 5.32 Å². The van der Waals surface area contributed by atoms with Gasteiger partial charge in [-0.15, -0.1) is 0 Å². The molecule has 7 nitrogen and oxygen atoms in total. The first-order chi connectivity index (χ1) is 13.4. The zero-order valence-electron chi connectivity index (χ0n) is 15.7. The number of fused-ring (bicyclic) bond motifs is 1. The maximum atomic E-state index is 12.5. The second kappa shape index (κ2) is 7.09. The first-order valence-electron chi connectivity index (χ1n) is 8.80. The Hall–Kier alpha value is -3.19. The molecule has 0 atom stereocenters. The van der Waals surface area contributed by atoms with Crippen LogP contribution in [0.15, 0.2) is 35.0 Å². The number of hydrogen-bond donors (Lipinski definition) is 2. The Bertz CT molecular complexity index is 1170. The molecule has 0 aliphatic rings. The van der Waals surface area contributed by atoms with E-state index in [1.165, 1.54) is 22.3 Å². The van der Waals surface area contributed by atoms with Crippen LogP contribution in [0.25, 0.3) is 11.2 Å². The number of carbonyl (C=O) groups is 1. The van der Waals surface area contributed by atoms with Crippen molar-refractivity contribution in [1.29, 1.82) is 0 Å². The highest BCUT2D eigenvalue weighted by molar-refractivity contribution is 6.33. The molecular formula is C20H19ClN5O2+. The van der Waals surface area contributed by atoms with Gasteiger partial charge in [0.25, 0.3) is 5.91 Å². The lowest BCUT2D eigenvalue weighted by molar-refractivity contribution is -0.347. The van der Waals surface area contributed by atoms with Crippen LogP contribution < -0.4 is 10.3 Å². The third-order valence-corrected chi connectivity index (χ3v) is 4.87. The molecule has 8 heteroatoms. The number of benzene rings is 1. The summed E-state index contributed by atoms with van der Waals surface area (Å²) in [5, 5.41) is 2.83. The number of nitrogens with zero attached hydrogens (tertiary/aromatic N) is 2. The Morgan fingerprint density at radius 2 is 1.96 bits per heavy atom. The highest BCUT2D eigenvalue weighted by atomic mass is 35.5. The van der Waals surface area contributed by atoms with Gasteiger partial charge in [-0.2, -0.15) is 4.98 Å². The van der Waals surface area contributed by atoms with Crippen LogP contribution in [-0.4, -0.2) is 20.9 Å². The third kappa shape index (κ3) is 3.48. The van der Waals surface area contributed by atoms with E-state index in [9.17, 15) is 4.79 Å². The van der Waals surface area contributed by atoms with E-state index in [2.05, 4.69) is 58.2 Å². The van der Waals surface area contributed by atoms with Crippen molar-refractivity contribution in [3.8, 4) is 0 Å². The van der Waals surface area contributed by atoms with Crippen molar-refractivity contribution in [2.24, 2.45) is 0 Å². The lowest BCUT2D eigenvalue weighted by Crippen LogP contribution is -2.14. The number of H-pyrrole nitrogens is 2. The SMILES string of the molecule is Cc1cc(C)c(Cc2ccc(C(=O)Nc3nc(Cl)c4[nH]c[nH+]c4n3)o2)c(C)c1. The third-order valence-electron chi connectivity index (χ3n) is 4.59. The molecule has 0 unspecified atom stereocenters. The molecule has 0 spiro atoms. The van der Waals surface area contributed by atoms with E-state index in [0.717, 1.165) is 0 Å². The molecule has 0 saturated heterocycles. The summed E-state index contributed by atoms with van der Waals surface area (Å²) in [6.07, 6.45) is 2.21. The molecule has 1 amide bonds. The number of amides is 1. The average molecular weight is 397 g/mol. The molecule has 0 bridgehead atoms. The number of nitrogens with one attached hydrogen (secondary N) is 3. The largest absolute Gasteiger partial charge is 0.456 e. The summed E-state index contributed by atoms with van der Waals surface area (Å²) in [6, 6.07) is 7.75. The van der Waals surface area contributed by atoms with Crippen molar-refractivity contribution in [2.45, 2.75) is 27.2 Å². The summed E-state index contributed by atoms with van der Waals surface area (Å²) in [5.74, 6) is 0.569. The summed E-state index contributed by atoms with van der Waals surface area (Å²) in [4.78, 5) is 26.6. The molecule has 0 aliphatic carbocycles. The number of imidazole rings is 1. The van der Waals surface area contributed by atoms with Gasteiger partial charge in [0.2, 0.25) is 5.52 Å². The molecule has 142 valence electrons. The van der Waals surface area contributed by atoms with Crippen LogP contribution in [-0.2, 0) is 6.42 Å². The number of halogens is 1. The van der Waals surface area contributed by atoms with Gasteiger partial charge in [-0.25, -0.2) is 4.98 Å². The number of carbonyl (C=O) groups excluding carboxylic acids is 1. The number of anilines is 1. The van der Waals surface area contributed by atoms with Gasteiger partial charge in [0.15, 0.2) is 17.2 Å². The molecule has 0 saturated carbocycles. The highest BCUT2D eigenvalue weighted by Gasteiger charge is 2.19. The highest BCUT2D eigenvalue weighted by Crippen LogP contribution is 2.22. The molecule has 3 aromatic heterocycles. The van der Waals surface area contributed by atoms with E-state index in [4.69, 9.17) is 16.0 Å². The summed E-state index contributed by atoms with van der Waals surface area (Å²) < 4.78 is 5.75. The number of aryl methyl sites for hydroxylation is 3. The molecule has 4 rings (SSSR count). The van der Waals surface area contributed by atoms with Crippen molar-refractivity contribution >= 4 is 34.6 Å². The van der Waals surface area contributed by atoms with E-state index >= 15 is 0 Å². The number of furan rings is 1. The van der Waals surface area contributed by atoms with E-state index in [1.54, 1.807) is 12.4 Å². The summed E-state index contributed by atoms with van der Waals surface area (Å²) in [7, 11) is 0. The lowest BCUT2D eigenvalue weighted by atomic mass is 9.97. The minimum atomic E-state index is -0.436. The Labute approximate surface area is 166 Å². The van der Waals surface area contributed by atoms with Gasteiger partial charge in [0, 0.05) is 6.42 Å². The number of hydrogen-bond acceptors (Lipinski definition) is 4. The van der Waals surface area contributed by atoms with Gasteiger partial charge >= 0.3 is 11.6 Å². The number of aromatic amines is 2. The Morgan fingerprint density at radius 3 is 2.71 bits per heavy atom. The van der Waals surface area contributed by atoms with Gasteiger partial charge in [-0.05, 0) is 49.6 Å². The zero-order valence-corrected chi connectivity index (χ0v) is 16.4. The van der Waals surface area contributed by atoms with Gasteiger partial charge < -0.3 is 4.42 Å². The van der Waals surface area contributed by atoms with Gasteiger partial charge in [-0.1, -0.05) is 34.3 Å². The van der Waals surface area contributed by atoms with Crippen LogP contribution in [0.5, 0.6) is 0 Å². The topological polar surface area (TPSA) is 98.0 Å². The van der Waals surface area contributed by atoms with Crippen LogP contribution in [0.2, 0.25) is 5.15 Å². The van der Waals surface area contributed by atoms with Crippen molar-refractivity contribution in [3.05, 3.63) is 69.5 Å². The quantitative estimate of drug-likeness (QED) is 0.513. The first kappa shape index (κ1) is 18.2. The Kier molecular flexibility index (Phi) is 4.60. The standard InChI is InChI=1S/C20H18ClN5O2/c1-10-6-11(2)14(12(3)7-10)8-13-4-5-15(28-13)19(27)26-20-24-17(21)16-18(25-20)23-9-22-16/h4-7,9H,8H2,1-3H3,(H2,22,23,24,25,26,27)/p+1. The van der Waals surface area contributed by atoms with Gasteiger partial charge in [0.05, 0.1) is 0 Å². The van der Waals surface area contributed by atoms with Crippen molar-refractivity contribution in [1.82, 2.24) is 15.0 Å². The van der Waals surface area contributed by atoms with Crippen LogP contribution in [0, 0.1) is 20.8 Å². The summed E-state index contributed by atoms with van der Waals surface area (Å²) in [6.45, 7) is 6.25. The second-order valence-corrected chi connectivity index (χ2v) is 7.13. The second-order valence-electron chi connectivity index (χ2n) is 6.77. The van der Waals surface area contributed by atoms with Gasteiger partial charge in [0.1, 0.15) is 5.76 Å². The van der Waals surface area contributed by atoms with Gasteiger partial charge in [-0.3, -0.25) is 15.1 Å². The molecule has 0 aliphatic heterocycles. The predicted octanol–water partition coefficient (Wildman–Crippen LogP) is 3.79. The van der Waals surface area contributed by atoms with Crippen LogP contribution in [0.3, 0.4) is 0 Å². The molecular weight excluding hydrogens is 378 g/mol. The molecule has 0 radical (unpaired) electrons. The van der Waals surface area contributed by atoms with Crippen LogP contribution in [0.4, 0.5) is 5.95 Å². The van der Waals surface area contributed by atoms with Crippen molar-refractivity contribution < 1.29 is 14.2 Å². The van der Waals surface area contributed by atoms with E-state index in [0.29, 0.717) is 23.3 Å². The Balaban J connectivity index is 1.53. The van der Waals surface area contributed by atoms with E-state index in [1.807, 2.05) is 6.07 Å². The number of rotatable bonds is 4. The maximum Gasteiger partial charge on any atom is 0.309 e. The number of aromatic nitrogens is 4. The van der Waals surface area contributed by atoms with Crippen LogP contribution >= 0.6 is 11.6 Å². The smallest absolute Gasteiger partial charge is 0.309 e. The van der Waals surface area contributed by atoms with Crippen molar-refractivity contribution in [3.63, 3.8) is 0 Å². The maximum absolute atomic E-state index is 12.5. The average Bonchev–Trinajstić information content (AvgIpc) is 3.27. The summed E-state index contributed by atoms with van der Waals surface area (Å²) >= 11 is 6.09. The fourth-order valence-corrected chi connectivity index (χ4v) is 3.54. The molecule has 1 aromatic carbocycles. The minimum Gasteiger partial charge on any atom is -0.456 e. The monoisotopic (exact) mass is 396 g/mol.